The first kappa shape index (κ1) is 17.0. The highest BCUT2D eigenvalue weighted by molar-refractivity contribution is 6.32. The molecule has 0 radical (unpaired) electrons. The number of benzene rings is 1. The first-order valence-electron chi connectivity index (χ1n) is 5.66. The molecule has 4 nitrogen and oxygen atoms in total. The molecule has 0 aliphatic carbocycles. The van der Waals surface area contributed by atoms with Crippen molar-refractivity contribution in [3.63, 3.8) is 0 Å². The number of amides is 1. The maximum atomic E-state index is 12.5. The molecule has 8 heteroatoms. The summed E-state index contributed by atoms with van der Waals surface area (Å²) >= 11 is 5.74. The van der Waals surface area contributed by atoms with Crippen LogP contribution in [0.5, 0.6) is 0 Å². The average molecular weight is 322 g/mol. The molecule has 0 saturated heterocycles. The van der Waals surface area contributed by atoms with E-state index >= 15 is 0 Å². The number of primary amides is 1. The van der Waals surface area contributed by atoms with Gasteiger partial charge in [0.05, 0.1) is 5.56 Å². The van der Waals surface area contributed by atoms with Crippen molar-refractivity contribution < 1.29 is 27.5 Å². The molecule has 0 aliphatic rings. The zero-order chi connectivity index (χ0) is 16.2. The second-order valence-electron chi connectivity index (χ2n) is 4.05. The van der Waals surface area contributed by atoms with E-state index in [-0.39, 0.29) is 10.6 Å². The van der Waals surface area contributed by atoms with Gasteiger partial charge >= 0.3 is 12.1 Å². The smallest absolute Gasteiger partial charge is 0.416 e. The van der Waals surface area contributed by atoms with Gasteiger partial charge in [-0.05, 0) is 36.8 Å². The normalized spacial score (nSPS) is 13.2. The lowest BCUT2D eigenvalue weighted by Gasteiger charge is -2.09. The largest absolute Gasteiger partial charge is 0.449 e. The molecular weight excluding hydrogens is 311 g/mol. The van der Waals surface area contributed by atoms with Crippen molar-refractivity contribution in [3.05, 3.63) is 40.4 Å². The lowest BCUT2D eigenvalue weighted by Crippen LogP contribution is -2.29. The number of nitrogens with two attached hydrogens (primary N) is 1. The van der Waals surface area contributed by atoms with Gasteiger partial charge in [-0.1, -0.05) is 11.6 Å². The summed E-state index contributed by atoms with van der Waals surface area (Å²) in [5, 5.41) is 0.0370. The van der Waals surface area contributed by atoms with E-state index in [2.05, 4.69) is 4.74 Å². The third-order valence-corrected chi connectivity index (χ3v) is 2.76. The van der Waals surface area contributed by atoms with Crippen LogP contribution >= 0.6 is 11.6 Å². The van der Waals surface area contributed by atoms with Gasteiger partial charge in [-0.15, -0.1) is 0 Å². The predicted molar refractivity (Wildman–Crippen MR) is 70.2 cm³/mol. The molecule has 114 valence electrons. The molecule has 1 aromatic rings. The van der Waals surface area contributed by atoms with Crippen molar-refractivity contribution in [2.45, 2.75) is 19.2 Å². The van der Waals surface area contributed by atoms with Crippen LogP contribution in [0.2, 0.25) is 5.02 Å². The maximum Gasteiger partial charge on any atom is 0.416 e. The van der Waals surface area contributed by atoms with E-state index in [1.54, 1.807) is 0 Å². The highest BCUT2D eigenvalue weighted by Gasteiger charge is 2.30. The first-order valence-corrected chi connectivity index (χ1v) is 6.04. The third kappa shape index (κ3) is 5.11. The van der Waals surface area contributed by atoms with Crippen LogP contribution in [0.1, 0.15) is 18.1 Å². The van der Waals surface area contributed by atoms with Crippen LogP contribution in [0.4, 0.5) is 13.2 Å². The molecule has 0 bridgehead atoms. The number of ether oxygens (including phenoxy) is 1. The fourth-order valence-corrected chi connectivity index (χ4v) is 1.46. The molecule has 0 unspecified atom stereocenters. The Kier molecular flexibility index (Phi) is 5.37. The number of esters is 1. The minimum absolute atomic E-state index is 0.00447. The van der Waals surface area contributed by atoms with Gasteiger partial charge in [0, 0.05) is 11.1 Å². The van der Waals surface area contributed by atoms with E-state index < -0.39 is 29.7 Å². The summed E-state index contributed by atoms with van der Waals surface area (Å²) in [7, 11) is 0. The van der Waals surface area contributed by atoms with E-state index in [1.807, 2.05) is 0 Å². The minimum Gasteiger partial charge on any atom is -0.449 e. The lowest BCUT2D eigenvalue weighted by molar-refractivity contribution is -0.148. The molecule has 1 amide bonds. The van der Waals surface area contributed by atoms with Crippen LogP contribution in [0.3, 0.4) is 0 Å². The van der Waals surface area contributed by atoms with Gasteiger partial charge in [0.1, 0.15) is 0 Å². The van der Waals surface area contributed by atoms with Gasteiger partial charge in [0.15, 0.2) is 6.10 Å². The van der Waals surface area contributed by atoms with E-state index in [9.17, 15) is 22.8 Å². The van der Waals surface area contributed by atoms with Gasteiger partial charge in [-0.3, -0.25) is 4.79 Å². The van der Waals surface area contributed by atoms with Crippen LogP contribution in [-0.4, -0.2) is 18.0 Å². The zero-order valence-corrected chi connectivity index (χ0v) is 11.5. The number of halogens is 4. The van der Waals surface area contributed by atoms with Crippen molar-refractivity contribution in [2.75, 3.05) is 0 Å². The molecule has 0 aromatic heterocycles. The SMILES string of the molecule is C[C@H](OC(=O)/C=C/c1cc(C(F)(F)F)ccc1Cl)C(N)=O. The standard InChI is InChI=1S/C13H11ClF3NO3/c1-7(12(18)20)21-11(19)5-2-8-6-9(13(15,16)17)3-4-10(8)14/h2-7H,1H3,(H2,18,20)/b5-2+/t7-/m0/s1. The van der Waals surface area contributed by atoms with Crippen molar-refractivity contribution in [3.8, 4) is 0 Å². The summed E-state index contributed by atoms with van der Waals surface area (Å²) in [6.07, 6.45) is -3.73. The van der Waals surface area contributed by atoms with Crippen LogP contribution in [0, 0.1) is 0 Å². The molecule has 2 N–H and O–H groups in total. The fraction of sp³-hybridized carbons (Fsp3) is 0.231. The predicted octanol–water partition coefficient (Wildman–Crippen LogP) is 2.79. The van der Waals surface area contributed by atoms with E-state index in [0.29, 0.717) is 0 Å². The quantitative estimate of drug-likeness (QED) is 0.685. The number of hydrogen-bond donors (Lipinski definition) is 1. The Hall–Kier alpha value is -2.02. The highest BCUT2D eigenvalue weighted by Crippen LogP contribution is 2.32. The molecule has 0 saturated carbocycles. The second-order valence-corrected chi connectivity index (χ2v) is 4.46. The summed E-state index contributed by atoms with van der Waals surface area (Å²) in [4.78, 5) is 22.0. The Morgan fingerprint density at radius 1 is 1.38 bits per heavy atom. The molecule has 0 aliphatic heterocycles. The van der Waals surface area contributed by atoms with Crippen LogP contribution in [0.25, 0.3) is 6.08 Å². The Morgan fingerprint density at radius 3 is 2.52 bits per heavy atom. The highest BCUT2D eigenvalue weighted by atomic mass is 35.5. The van der Waals surface area contributed by atoms with Crippen molar-refractivity contribution in [1.82, 2.24) is 0 Å². The second kappa shape index (κ2) is 6.62. The van der Waals surface area contributed by atoms with E-state index in [4.69, 9.17) is 17.3 Å². The third-order valence-electron chi connectivity index (χ3n) is 2.42. The van der Waals surface area contributed by atoms with Crippen LogP contribution in [0.15, 0.2) is 24.3 Å². The number of carbonyl (C=O) groups is 2. The molecule has 21 heavy (non-hydrogen) atoms. The van der Waals surface area contributed by atoms with Gasteiger partial charge in [0.2, 0.25) is 0 Å². The fourth-order valence-electron chi connectivity index (χ4n) is 1.28. The summed E-state index contributed by atoms with van der Waals surface area (Å²) in [6, 6.07) is 2.69. The molecule has 0 fully saturated rings. The summed E-state index contributed by atoms with van der Waals surface area (Å²) in [6.45, 7) is 1.27. The molecule has 1 rings (SSSR count). The van der Waals surface area contributed by atoms with Crippen molar-refractivity contribution in [1.29, 1.82) is 0 Å². The van der Waals surface area contributed by atoms with E-state index in [0.717, 1.165) is 30.4 Å². The Morgan fingerprint density at radius 2 is 2.00 bits per heavy atom. The molecule has 1 atom stereocenters. The summed E-state index contributed by atoms with van der Waals surface area (Å²) in [5.74, 6) is -1.76. The van der Waals surface area contributed by atoms with Gasteiger partial charge < -0.3 is 10.5 Å². The van der Waals surface area contributed by atoms with Crippen LogP contribution in [-0.2, 0) is 20.5 Å². The van der Waals surface area contributed by atoms with E-state index in [1.165, 1.54) is 6.92 Å². The van der Waals surface area contributed by atoms with Crippen molar-refractivity contribution >= 4 is 29.6 Å². The molecule has 0 heterocycles. The van der Waals surface area contributed by atoms with Crippen LogP contribution < -0.4 is 5.73 Å². The Labute approximate surface area is 123 Å². The first-order chi connectivity index (χ1) is 9.61. The topological polar surface area (TPSA) is 69.4 Å². The maximum absolute atomic E-state index is 12.5. The molecular formula is C13H11ClF3NO3. The zero-order valence-electron chi connectivity index (χ0n) is 10.8. The number of hydrogen-bond acceptors (Lipinski definition) is 3. The number of carbonyl (C=O) groups excluding carboxylic acids is 2. The Bertz CT molecular complexity index is 585. The van der Waals surface area contributed by atoms with Crippen molar-refractivity contribution in [2.24, 2.45) is 5.73 Å². The summed E-state index contributed by atoms with van der Waals surface area (Å²) < 4.78 is 42.3. The number of rotatable bonds is 4. The summed E-state index contributed by atoms with van der Waals surface area (Å²) in [5.41, 5.74) is 3.99. The number of alkyl halides is 3. The van der Waals surface area contributed by atoms with Gasteiger partial charge in [0.25, 0.3) is 5.91 Å². The Balaban J connectivity index is 2.89. The molecule has 1 aromatic carbocycles. The lowest BCUT2D eigenvalue weighted by atomic mass is 10.1. The minimum atomic E-state index is -4.52. The average Bonchev–Trinajstić information content (AvgIpc) is 2.36. The van der Waals surface area contributed by atoms with Gasteiger partial charge in [-0.2, -0.15) is 13.2 Å². The van der Waals surface area contributed by atoms with Gasteiger partial charge in [-0.25, -0.2) is 4.79 Å². The monoisotopic (exact) mass is 321 g/mol. The molecule has 0 spiro atoms.